The summed E-state index contributed by atoms with van der Waals surface area (Å²) < 4.78 is 33.3. The number of rotatable bonds is 4. The lowest BCUT2D eigenvalue weighted by Crippen LogP contribution is -2.33. The Kier molecular flexibility index (Phi) is 3.99. The number of anilines is 2. The van der Waals surface area contributed by atoms with Gasteiger partial charge in [0.1, 0.15) is 5.75 Å². The Bertz CT molecular complexity index is 951. The van der Waals surface area contributed by atoms with Crippen LogP contribution in [0.15, 0.2) is 47.4 Å². The molecule has 2 aromatic carbocycles. The SMILES string of the molecule is COc1ccccc1NS(=O)(=O)c1ccc2c(c1)C(C)(C)C(=O)N2C. The molecule has 0 bridgehead atoms. The molecule has 0 saturated carbocycles. The molecule has 0 spiro atoms. The number of methoxy groups -OCH3 is 1. The third-order valence-corrected chi connectivity index (χ3v) is 5.87. The summed E-state index contributed by atoms with van der Waals surface area (Å²) >= 11 is 0. The Morgan fingerprint density at radius 2 is 1.80 bits per heavy atom. The Labute approximate surface area is 147 Å². The van der Waals surface area contributed by atoms with E-state index >= 15 is 0 Å². The van der Waals surface area contributed by atoms with E-state index in [2.05, 4.69) is 4.72 Å². The Balaban J connectivity index is 2.03. The Morgan fingerprint density at radius 1 is 1.12 bits per heavy atom. The lowest BCUT2D eigenvalue weighted by Gasteiger charge is -2.17. The lowest BCUT2D eigenvalue weighted by atomic mass is 9.86. The first-order valence-electron chi connectivity index (χ1n) is 7.77. The molecule has 1 aliphatic heterocycles. The van der Waals surface area contributed by atoms with E-state index in [4.69, 9.17) is 4.74 Å². The fourth-order valence-electron chi connectivity index (χ4n) is 3.05. The second-order valence-electron chi connectivity index (χ2n) is 6.47. The summed E-state index contributed by atoms with van der Waals surface area (Å²) in [5.41, 5.74) is 1.02. The highest BCUT2D eigenvalue weighted by Crippen LogP contribution is 2.41. The predicted molar refractivity (Wildman–Crippen MR) is 96.7 cm³/mol. The van der Waals surface area contributed by atoms with Gasteiger partial charge in [-0.1, -0.05) is 12.1 Å². The van der Waals surface area contributed by atoms with Gasteiger partial charge < -0.3 is 9.64 Å². The molecule has 2 aromatic rings. The number of fused-ring (bicyclic) bond motifs is 1. The van der Waals surface area contributed by atoms with Gasteiger partial charge in [0.05, 0.1) is 23.1 Å². The van der Waals surface area contributed by atoms with Crippen molar-refractivity contribution in [2.24, 2.45) is 0 Å². The summed E-state index contributed by atoms with van der Waals surface area (Å²) in [6.07, 6.45) is 0. The maximum absolute atomic E-state index is 12.8. The second-order valence-corrected chi connectivity index (χ2v) is 8.16. The lowest BCUT2D eigenvalue weighted by molar-refractivity contribution is -0.121. The number of amides is 1. The van der Waals surface area contributed by atoms with Crippen LogP contribution in [0, 0.1) is 0 Å². The van der Waals surface area contributed by atoms with Gasteiger partial charge in [0.15, 0.2) is 0 Å². The van der Waals surface area contributed by atoms with E-state index in [9.17, 15) is 13.2 Å². The van der Waals surface area contributed by atoms with Crippen molar-refractivity contribution < 1.29 is 17.9 Å². The van der Waals surface area contributed by atoms with Crippen molar-refractivity contribution in [3.63, 3.8) is 0 Å². The molecule has 0 saturated heterocycles. The van der Waals surface area contributed by atoms with E-state index in [-0.39, 0.29) is 10.8 Å². The number of hydrogen-bond donors (Lipinski definition) is 1. The molecule has 6 nitrogen and oxygen atoms in total. The highest BCUT2D eigenvalue weighted by Gasteiger charge is 2.42. The zero-order valence-corrected chi connectivity index (χ0v) is 15.3. The van der Waals surface area contributed by atoms with Gasteiger partial charge in [-0.15, -0.1) is 0 Å². The van der Waals surface area contributed by atoms with Gasteiger partial charge in [0, 0.05) is 12.7 Å². The molecular weight excluding hydrogens is 340 g/mol. The quantitative estimate of drug-likeness (QED) is 0.910. The summed E-state index contributed by atoms with van der Waals surface area (Å²) in [6, 6.07) is 11.5. The number of nitrogens with zero attached hydrogens (tertiary/aromatic N) is 1. The average molecular weight is 360 g/mol. The van der Waals surface area contributed by atoms with Gasteiger partial charge in [-0.05, 0) is 49.7 Å². The van der Waals surface area contributed by atoms with Crippen molar-refractivity contribution in [1.82, 2.24) is 0 Å². The number of benzene rings is 2. The minimum Gasteiger partial charge on any atom is -0.495 e. The first-order chi connectivity index (χ1) is 11.7. The van der Waals surface area contributed by atoms with Crippen LogP contribution in [0.25, 0.3) is 0 Å². The second kappa shape index (κ2) is 5.77. The first-order valence-corrected chi connectivity index (χ1v) is 9.25. The smallest absolute Gasteiger partial charge is 0.262 e. The molecule has 1 heterocycles. The molecule has 0 fully saturated rings. The molecule has 1 N–H and O–H groups in total. The van der Waals surface area contributed by atoms with Crippen molar-refractivity contribution in [1.29, 1.82) is 0 Å². The molecule has 3 rings (SSSR count). The van der Waals surface area contributed by atoms with Crippen molar-refractivity contribution in [3.05, 3.63) is 48.0 Å². The van der Waals surface area contributed by atoms with Gasteiger partial charge in [0.2, 0.25) is 5.91 Å². The standard InChI is InChI=1S/C18H20N2O4S/c1-18(2)13-11-12(9-10-15(13)20(3)17(18)21)25(22,23)19-14-7-5-6-8-16(14)24-4/h5-11,19H,1-4H3. The van der Waals surface area contributed by atoms with E-state index in [1.807, 2.05) is 0 Å². The van der Waals surface area contributed by atoms with E-state index < -0.39 is 15.4 Å². The normalized spacial score (nSPS) is 15.8. The van der Waals surface area contributed by atoms with Crippen LogP contribution >= 0.6 is 0 Å². The number of para-hydroxylation sites is 2. The van der Waals surface area contributed by atoms with Gasteiger partial charge in [-0.2, -0.15) is 0 Å². The molecule has 0 aliphatic carbocycles. The molecule has 0 atom stereocenters. The number of carbonyl (C=O) groups is 1. The number of likely N-dealkylation sites (N-methyl/N-ethyl adjacent to an activating group) is 1. The van der Waals surface area contributed by atoms with Crippen molar-refractivity contribution >= 4 is 27.3 Å². The summed E-state index contributed by atoms with van der Waals surface area (Å²) in [6.45, 7) is 3.59. The largest absolute Gasteiger partial charge is 0.495 e. The molecular formula is C18H20N2O4S. The third-order valence-electron chi connectivity index (χ3n) is 4.50. The van der Waals surface area contributed by atoms with Crippen LogP contribution in [-0.4, -0.2) is 28.5 Å². The van der Waals surface area contributed by atoms with Crippen LogP contribution in [0.3, 0.4) is 0 Å². The average Bonchev–Trinajstić information content (AvgIpc) is 2.75. The maximum atomic E-state index is 12.8. The number of nitrogens with one attached hydrogen (secondary N) is 1. The van der Waals surface area contributed by atoms with Crippen LogP contribution in [0.5, 0.6) is 5.75 Å². The number of hydrogen-bond acceptors (Lipinski definition) is 4. The zero-order chi connectivity index (χ0) is 18.4. The van der Waals surface area contributed by atoms with Crippen molar-refractivity contribution in [2.75, 3.05) is 23.8 Å². The van der Waals surface area contributed by atoms with E-state index in [1.54, 1.807) is 62.2 Å². The van der Waals surface area contributed by atoms with Gasteiger partial charge in [-0.25, -0.2) is 8.42 Å². The summed E-state index contributed by atoms with van der Waals surface area (Å²) in [4.78, 5) is 14.0. The molecule has 0 radical (unpaired) electrons. The van der Waals surface area contributed by atoms with E-state index in [0.717, 1.165) is 5.69 Å². The van der Waals surface area contributed by atoms with Crippen LogP contribution in [0.1, 0.15) is 19.4 Å². The zero-order valence-electron chi connectivity index (χ0n) is 14.5. The minimum absolute atomic E-state index is 0.0604. The van der Waals surface area contributed by atoms with Gasteiger partial charge >= 0.3 is 0 Å². The van der Waals surface area contributed by atoms with Crippen LogP contribution in [0.2, 0.25) is 0 Å². The predicted octanol–water partition coefficient (Wildman–Crippen LogP) is 2.75. The summed E-state index contributed by atoms with van der Waals surface area (Å²) in [5.74, 6) is 0.372. The molecule has 0 unspecified atom stereocenters. The molecule has 1 aliphatic rings. The Morgan fingerprint density at radius 3 is 2.48 bits per heavy atom. The van der Waals surface area contributed by atoms with Crippen LogP contribution in [0.4, 0.5) is 11.4 Å². The molecule has 25 heavy (non-hydrogen) atoms. The fourth-order valence-corrected chi connectivity index (χ4v) is 4.15. The van der Waals surface area contributed by atoms with E-state index in [1.165, 1.54) is 13.2 Å². The molecule has 1 amide bonds. The van der Waals surface area contributed by atoms with E-state index in [0.29, 0.717) is 17.0 Å². The molecule has 0 aromatic heterocycles. The minimum atomic E-state index is -3.81. The first kappa shape index (κ1) is 17.3. The van der Waals surface area contributed by atoms with Crippen LogP contribution in [-0.2, 0) is 20.2 Å². The molecule has 132 valence electrons. The summed E-state index contributed by atoms with van der Waals surface area (Å²) in [5, 5.41) is 0. The van der Waals surface area contributed by atoms with Crippen molar-refractivity contribution in [2.45, 2.75) is 24.2 Å². The molecule has 7 heteroatoms. The van der Waals surface area contributed by atoms with Gasteiger partial charge in [-0.3, -0.25) is 9.52 Å². The number of sulfonamides is 1. The van der Waals surface area contributed by atoms with Crippen molar-refractivity contribution in [3.8, 4) is 5.75 Å². The topological polar surface area (TPSA) is 75.7 Å². The maximum Gasteiger partial charge on any atom is 0.262 e. The number of ether oxygens (including phenoxy) is 1. The van der Waals surface area contributed by atoms with Gasteiger partial charge in [0.25, 0.3) is 10.0 Å². The third kappa shape index (κ3) is 2.74. The Hall–Kier alpha value is -2.54. The fraction of sp³-hybridized carbons (Fsp3) is 0.278. The van der Waals surface area contributed by atoms with Crippen LogP contribution < -0.4 is 14.4 Å². The number of carbonyl (C=O) groups excluding carboxylic acids is 1. The highest BCUT2D eigenvalue weighted by molar-refractivity contribution is 7.92. The monoisotopic (exact) mass is 360 g/mol. The summed E-state index contributed by atoms with van der Waals surface area (Å²) in [7, 11) is -0.642. The highest BCUT2D eigenvalue weighted by atomic mass is 32.2.